The number of carbonyl (C=O) groups excluding carboxylic acids is 2. The Morgan fingerprint density at radius 3 is 2.67 bits per heavy atom. The van der Waals surface area contributed by atoms with E-state index in [0.29, 0.717) is 13.1 Å². The topological polar surface area (TPSA) is 46.6 Å². The number of nitrogens with zero attached hydrogens (tertiary/aromatic N) is 1. The van der Waals surface area contributed by atoms with Gasteiger partial charge in [0.15, 0.2) is 0 Å². The Labute approximate surface area is 87.4 Å². The van der Waals surface area contributed by atoms with Crippen LogP contribution in [0.4, 0.5) is 0 Å². The number of amides is 1. The molecule has 0 aromatic heterocycles. The summed E-state index contributed by atoms with van der Waals surface area (Å²) in [5.74, 6) is -1.30. The number of hydrogen-bond donors (Lipinski definition) is 0. The van der Waals surface area contributed by atoms with Crippen LogP contribution in [0.5, 0.6) is 0 Å². The Morgan fingerprint density at radius 1 is 1.20 bits per heavy atom. The van der Waals surface area contributed by atoms with Gasteiger partial charge in [-0.15, -0.1) is 0 Å². The summed E-state index contributed by atoms with van der Waals surface area (Å²) in [7, 11) is 0. The fourth-order valence-electron chi connectivity index (χ4n) is 1.50. The zero-order valence-corrected chi connectivity index (χ0v) is 8.18. The minimum absolute atomic E-state index is 0.289. The van der Waals surface area contributed by atoms with Crippen molar-refractivity contribution in [3.05, 3.63) is 35.9 Å². The predicted octanol–water partition coefficient (Wildman–Crippen LogP) is 0.572. The van der Waals surface area contributed by atoms with E-state index in [0.717, 1.165) is 5.56 Å². The number of esters is 1. The molecule has 0 aliphatic carbocycles. The molecule has 0 atom stereocenters. The van der Waals surface area contributed by atoms with Crippen LogP contribution in [-0.2, 0) is 20.9 Å². The van der Waals surface area contributed by atoms with E-state index in [1.54, 1.807) is 0 Å². The summed E-state index contributed by atoms with van der Waals surface area (Å²) in [4.78, 5) is 23.9. The zero-order chi connectivity index (χ0) is 10.7. The van der Waals surface area contributed by atoms with E-state index in [1.165, 1.54) is 4.90 Å². The van der Waals surface area contributed by atoms with Crippen LogP contribution in [-0.4, -0.2) is 29.9 Å². The molecule has 0 unspecified atom stereocenters. The number of rotatable bonds is 2. The molecule has 0 bridgehead atoms. The molecule has 1 aliphatic heterocycles. The summed E-state index contributed by atoms with van der Waals surface area (Å²) in [5.41, 5.74) is 1.01. The van der Waals surface area contributed by atoms with Crippen molar-refractivity contribution in [1.29, 1.82) is 0 Å². The Kier molecular flexibility index (Phi) is 2.67. The smallest absolute Gasteiger partial charge is 0.397 e. The van der Waals surface area contributed by atoms with Crippen LogP contribution in [0.25, 0.3) is 0 Å². The number of cyclic esters (lactones) is 1. The normalized spacial score (nSPS) is 16.4. The van der Waals surface area contributed by atoms with Gasteiger partial charge in [-0.25, -0.2) is 4.79 Å². The van der Waals surface area contributed by atoms with Crippen molar-refractivity contribution in [3.8, 4) is 0 Å². The largest absolute Gasteiger partial charge is 0.457 e. The van der Waals surface area contributed by atoms with Gasteiger partial charge < -0.3 is 9.64 Å². The lowest BCUT2D eigenvalue weighted by Gasteiger charge is -2.25. The second-order valence-electron chi connectivity index (χ2n) is 3.35. The zero-order valence-electron chi connectivity index (χ0n) is 8.18. The summed E-state index contributed by atoms with van der Waals surface area (Å²) in [6, 6.07) is 9.57. The second kappa shape index (κ2) is 4.13. The monoisotopic (exact) mass is 205 g/mol. The van der Waals surface area contributed by atoms with E-state index in [4.69, 9.17) is 0 Å². The Hall–Kier alpha value is -1.84. The molecule has 0 spiro atoms. The molecule has 1 saturated heterocycles. The highest BCUT2D eigenvalue weighted by atomic mass is 16.5. The fraction of sp³-hybridized carbons (Fsp3) is 0.273. The van der Waals surface area contributed by atoms with E-state index < -0.39 is 11.9 Å². The molecule has 1 aromatic rings. The molecule has 1 heterocycles. The fourth-order valence-corrected chi connectivity index (χ4v) is 1.50. The summed E-state index contributed by atoms with van der Waals surface area (Å²) in [6.45, 7) is 1.23. The van der Waals surface area contributed by atoms with Crippen LogP contribution in [0.15, 0.2) is 30.3 Å². The van der Waals surface area contributed by atoms with Gasteiger partial charge in [-0.1, -0.05) is 30.3 Å². The average molecular weight is 205 g/mol. The van der Waals surface area contributed by atoms with Crippen molar-refractivity contribution in [2.45, 2.75) is 6.54 Å². The summed E-state index contributed by atoms with van der Waals surface area (Å²) >= 11 is 0. The Balaban J connectivity index is 2.06. The average Bonchev–Trinajstić information content (AvgIpc) is 2.26. The van der Waals surface area contributed by atoms with Gasteiger partial charge in [0, 0.05) is 6.54 Å². The van der Waals surface area contributed by atoms with Gasteiger partial charge in [0.2, 0.25) is 0 Å². The van der Waals surface area contributed by atoms with Crippen LogP contribution in [0.3, 0.4) is 0 Å². The van der Waals surface area contributed by atoms with E-state index in [9.17, 15) is 9.59 Å². The third kappa shape index (κ3) is 2.15. The third-order valence-electron chi connectivity index (χ3n) is 2.27. The molecule has 0 radical (unpaired) electrons. The molecule has 0 N–H and O–H groups in total. The highest BCUT2D eigenvalue weighted by Gasteiger charge is 2.27. The number of ether oxygens (including phenoxy) is 1. The van der Waals surface area contributed by atoms with Gasteiger partial charge >= 0.3 is 11.9 Å². The molecule has 15 heavy (non-hydrogen) atoms. The first-order valence-electron chi connectivity index (χ1n) is 4.77. The Bertz CT molecular complexity index is 375. The minimum Gasteiger partial charge on any atom is -0.457 e. The molecule has 1 amide bonds. The SMILES string of the molecule is O=C1OCCN(Cc2ccccc2)C1=O. The van der Waals surface area contributed by atoms with Crippen LogP contribution < -0.4 is 0 Å². The maximum atomic E-state index is 11.4. The molecule has 1 aliphatic rings. The molecule has 1 fully saturated rings. The first kappa shape index (κ1) is 9.71. The Morgan fingerprint density at radius 2 is 1.93 bits per heavy atom. The number of hydrogen-bond acceptors (Lipinski definition) is 3. The maximum Gasteiger partial charge on any atom is 0.397 e. The van der Waals surface area contributed by atoms with Crippen LogP contribution in [0, 0.1) is 0 Å². The summed E-state index contributed by atoms with van der Waals surface area (Å²) in [6.07, 6.45) is 0. The van der Waals surface area contributed by atoms with Crippen molar-refractivity contribution in [2.75, 3.05) is 13.2 Å². The third-order valence-corrected chi connectivity index (χ3v) is 2.27. The van der Waals surface area contributed by atoms with Crippen molar-refractivity contribution in [3.63, 3.8) is 0 Å². The molecular weight excluding hydrogens is 194 g/mol. The molecular formula is C11H11NO3. The van der Waals surface area contributed by atoms with Gasteiger partial charge in [0.25, 0.3) is 0 Å². The number of carbonyl (C=O) groups is 2. The molecule has 78 valence electrons. The first-order chi connectivity index (χ1) is 7.27. The molecule has 4 nitrogen and oxygen atoms in total. The van der Waals surface area contributed by atoms with Crippen LogP contribution >= 0.6 is 0 Å². The molecule has 1 aromatic carbocycles. The number of benzene rings is 1. The lowest BCUT2D eigenvalue weighted by molar-refractivity contribution is -0.166. The second-order valence-corrected chi connectivity index (χ2v) is 3.35. The van der Waals surface area contributed by atoms with Crippen molar-refractivity contribution >= 4 is 11.9 Å². The van der Waals surface area contributed by atoms with Crippen molar-refractivity contribution in [2.24, 2.45) is 0 Å². The quantitative estimate of drug-likeness (QED) is 0.524. The predicted molar refractivity (Wildman–Crippen MR) is 52.8 cm³/mol. The van der Waals surface area contributed by atoms with E-state index in [2.05, 4.69) is 4.74 Å². The number of morpholine rings is 1. The van der Waals surface area contributed by atoms with Crippen molar-refractivity contribution < 1.29 is 14.3 Å². The van der Waals surface area contributed by atoms with Crippen LogP contribution in [0.1, 0.15) is 5.56 Å². The standard InChI is InChI=1S/C11H11NO3/c13-10-11(14)15-7-6-12(10)8-9-4-2-1-3-5-9/h1-5H,6-8H2. The first-order valence-corrected chi connectivity index (χ1v) is 4.77. The van der Waals surface area contributed by atoms with E-state index in [-0.39, 0.29) is 6.61 Å². The van der Waals surface area contributed by atoms with Gasteiger partial charge in [-0.2, -0.15) is 0 Å². The van der Waals surface area contributed by atoms with E-state index in [1.807, 2.05) is 30.3 Å². The highest BCUT2D eigenvalue weighted by molar-refractivity contribution is 6.32. The van der Waals surface area contributed by atoms with E-state index >= 15 is 0 Å². The molecule has 2 rings (SSSR count). The maximum absolute atomic E-state index is 11.4. The summed E-state index contributed by atoms with van der Waals surface area (Å²) < 4.78 is 4.63. The van der Waals surface area contributed by atoms with Crippen molar-refractivity contribution in [1.82, 2.24) is 4.90 Å². The molecule has 0 saturated carbocycles. The van der Waals surface area contributed by atoms with Crippen LogP contribution in [0.2, 0.25) is 0 Å². The lowest BCUT2D eigenvalue weighted by Crippen LogP contribution is -2.44. The molecule has 4 heteroatoms. The van der Waals surface area contributed by atoms with Gasteiger partial charge in [0.1, 0.15) is 6.61 Å². The van der Waals surface area contributed by atoms with Gasteiger partial charge in [0.05, 0.1) is 6.54 Å². The lowest BCUT2D eigenvalue weighted by atomic mass is 10.2. The van der Waals surface area contributed by atoms with Gasteiger partial charge in [-0.05, 0) is 5.56 Å². The highest BCUT2D eigenvalue weighted by Crippen LogP contribution is 2.07. The summed E-state index contributed by atoms with van der Waals surface area (Å²) in [5, 5.41) is 0. The van der Waals surface area contributed by atoms with Gasteiger partial charge in [-0.3, -0.25) is 4.79 Å². The minimum atomic E-state index is -0.753.